The highest BCUT2D eigenvalue weighted by molar-refractivity contribution is 5.25. The zero-order valence-electron chi connectivity index (χ0n) is 11.4. The molecule has 0 spiro atoms. The van der Waals surface area contributed by atoms with E-state index in [0.29, 0.717) is 12.0 Å². The van der Waals surface area contributed by atoms with Crippen LogP contribution in [0, 0.1) is 5.92 Å². The molecule has 0 aromatic carbocycles. The van der Waals surface area contributed by atoms with Crippen molar-refractivity contribution in [2.75, 3.05) is 27.3 Å². The van der Waals surface area contributed by atoms with Gasteiger partial charge in [-0.25, -0.2) is 4.98 Å². The van der Waals surface area contributed by atoms with Crippen molar-refractivity contribution in [3.8, 4) is 5.88 Å². The highest BCUT2D eigenvalue weighted by Gasteiger charge is 2.26. The van der Waals surface area contributed by atoms with Crippen LogP contribution in [0.15, 0.2) is 18.3 Å². The summed E-state index contributed by atoms with van der Waals surface area (Å²) >= 11 is 0. The van der Waals surface area contributed by atoms with Crippen LogP contribution in [0.1, 0.15) is 18.9 Å². The van der Waals surface area contributed by atoms with Crippen LogP contribution in [0.2, 0.25) is 0 Å². The summed E-state index contributed by atoms with van der Waals surface area (Å²) in [7, 11) is 3.47. The van der Waals surface area contributed by atoms with E-state index < -0.39 is 0 Å². The maximum Gasteiger partial charge on any atom is 0.217 e. The molecule has 0 bridgehead atoms. The van der Waals surface area contributed by atoms with Crippen molar-refractivity contribution in [3.63, 3.8) is 0 Å². The van der Waals surface area contributed by atoms with Gasteiger partial charge < -0.3 is 9.47 Å². The summed E-state index contributed by atoms with van der Waals surface area (Å²) in [5.41, 5.74) is 1.14. The lowest BCUT2D eigenvalue weighted by Gasteiger charge is -2.36. The lowest BCUT2D eigenvalue weighted by Crippen LogP contribution is -2.43. The van der Waals surface area contributed by atoms with Gasteiger partial charge in [-0.05, 0) is 24.9 Å². The molecule has 1 aromatic heterocycles. The minimum Gasteiger partial charge on any atom is -0.481 e. The molecule has 0 unspecified atom stereocenters. The number of pyridine rings is 1. The summed E-state index contributed by atoms with van der Waals surface area (Å²) in [6, 6.07) is 4.03. The summed E-state index contributed by atoms with van der Waals surface area (Å²) < 4.78 is 10.8. The molecule has 1 aliphatic heterocycles. The second-order valence-corrected chi connectivity index (χ2v) is 4.95. The van der Waals surface area contributed by atoms with E-state index in [1.165, 1.54) is 6.42 Å². The Morgan fingerprint density at radius 1 is 1.44 bits per heavy atom. The van der Waals surface area contributed by atoms with Gasteiger partial charge in [0.25, 0.3) is 0 Å². The topological polar surface area (TPSA) is 34.6 Å². The van der Waals surface area contributed by atoms with Gasteiger partial charge in [-0.2, -0.15) is 0 Å². The molecule has 0 saturated carbocycles. The van der Waals surface area contributed by atoms with Gasteiger partial charge in [0.2, 0.25) is 5.88 Å². The minimum atomic E-state index is 0.335. The third-order valence-electron chi connectivity index (χ3n) is 3.71. The van der Waals surface area contributed by atoms with Crippen molar-refractivity contribution >= 4 is 0 Å². The van der Waals surface area contributed by atoms with Gasteiger partial charge in [0.05, 0.1) is 13.2 Å². The molecule has 18 heavy (non-hydrogen) atoms. The molecule has 0 N–H and O–H groups in total. The van der Waals surface area contributed by atoms with E-state index >= 15 is 0 Å². The first-order chi connectivity index (χ1) is 8.74. The fraction of sp³-hybridized carbons (Fsp3) is 0.643. The third kappa shape index (κ3) is 3.00. The Hall–Kier alpha value is -1.13. The van der Waals surface area contributed by atoms with E-state index in [4.69, 9.17) is 9.47 Å². The maximum absolute atomic E-state index is 5.54. The molecular weight excluding hydrogens is 228 g/mol. The number of ether oxygens (including phenoxy) is 2. The molecule has 2 atom stereocenters. The zero-order valence-corrected chi connectivity index (χ0v) is 11.4. The summed E-state index contributed by atoms with van der Waals surface area (Å²) in [6.07, 6.45) is 3.28. The van der Waals surface area contributed by atoms with Crippen molar-refractivity contribution in [2.24, 2.45) is 5.92 Å². The van der Waals surface area contributed by atoms with Crippen molar-refractivity contribution in [2.45, 2.75) is 26.0 Å². The molecule has 4 nitrogen and oxygen atoms in total. The smallest absolute Gasteiger partial charge is 0.217 e. The summed E-state index contributed by atoms with van der Waals surface area (Å²) in [5, 5.41) is 0. The van der Waals surface area contributed by atoms with E-state index in [1.807, 2.05) is 6.07 Å². The van der Waals surface area contributed by atoms with Crippen LogP contribution in [-0.4, -0.2) is 43.3 Å². The molecule has 1 saturated heterocycles. The van der Waals surface area contributed by atoms with E-state index in [2.05, 4.69) is 22.9 Å². The van der Waals surface area contributed by atoms with Gasteiger partial charge in [0, 0.05) is 32.0 Å². The lowest BCUT2D eigenvalue weighted by molar-refractivity contribution is -0.00766. The molecular formula is C14H22N2O2. The average Bonchev–Trinajstić information content (AvgIpc) is 2.41. The van der Waals surface area contributed by atoms with Crippen molar-refractivity contribution in [3.05, 3.63) is 23.9 Å². The summed E-state index contributed by atoms with van der Waals surface area (Å²) in [6.45, 7) is 5.23. The Morgan fingerprint density at radius 2 is 2.28 bits per heavy atom. The molecule has 2 heterocycles. The fourth-order valence-electron chi connectivity index (χ4n) is 2.52. The number of nitrogens with zero attached hydrogens (tertiary/aromatic N) is 2. The van der Waals surface area contributed by atoms with E-state index in [1.54, 1.807) is 20.4 Å². The second kappa shape index (κ2) is 6.16. The molecule has 0 aliphatic carbocycles. The molecule has 1 fully saturated rings. The third-order valence-corrected chi connectivity index (χ3v) is 3.71. The number of hydrogen-bond donors (Lipinski definition) is 0. The fourth-order valence-corrected chi connectivity index (χ4v) is 2.52. The van der Waals surface area contributed by atoms with E-state index in [-0.39, 0.29) is 0 Å². The van der Waals surface area contributed by atoms with Crippen molar-refractivity contribution in [1.29, 1.82) is 0 Å². The van der Waals surface area contributed by atoms with Crippen LogP contribution >= 0.6 is 0 Å². The lowest BCUT2D eigenvalue weighted by atomic mass is 9.95. The van der Waals surface area contributed by atoms with Gasteiger partial charge in [0.1, 0.15) is 0 Å². The Balaban J connectivity index is 2.01. The van der Waals surface area contributed by atoms with Crippen LogP contribution in [0.25, 0.3) is 0 Å². The molecule has 100 valence electrons. The Bertz CT molecular complexity index is 384. The van der Waals surface area contributed by atoms with Crippen molar-refractivity contribution in [1.82, 2.24) is 9.88 Å². The first-order valence-corrected chi connectivity index (χ1v) is 6.47. The number of hydrogen-bond acceptors (Lipinski definition) is 4. The highest BCUT2D eigenvalue weighted by atomic mass is 16.5. The molecule has 0 amide bonds. The van der Waals surface area contributed by atoms with Crippen LogP contribution in [0.4, 0.5) is 0 Å². The number of piperidine rings is 1. The highest BCUT2D eigenvalue weighted by Crippen LogP contribution is 2.23. The standard InChI is InChI=1S/C14H22N2O2/c1-11-6-8-16(10-13(11)17-2)9-12-5-4-7-15-14(12)18-3/h4-5,7,11,13H,6,8-10H2,1-3H3/t11-,13-/m0/s1. The van der Waals surface area contributed by atoms with E-state index in [9.17, 15) is 0 Å². The normalized spacial score (nSPS) is 25.1. The predicted octanol–water partition coefficient (Wildman–Crippen LogP) is 1.95. The number of rotatable bonds is 4. The summed E-state index contributed by atoms with van der Waals surface area (Å²) in [4.78, 5) is 6.65. The van der Waals surface area contributed by atoms with Crippen molar-refractivity contribution < 1.29 is 9.47 Å². The molecule has 4 heteroatoms. The predicted molar refractivity (Wildman–Crippen MR) is 70.6 cm³/mol. The quantitative estimate of drug-likeness (QED) is 0.818. The molecule has 0 radical (unpaired) electrons. The van der Waals surface area contributed by atoms with E-state index in [0.717, 1.165) is 31.1 Å². The molecule has 1 aliphatic rings. The van der Waals surface area contributed by atoms with Gasteiger partial charge in [0.15, 0.2) is 0 Å². The molecule has 1 aromatic rings. The maximum atomic E-state index is 5.54. The molecule has 2 rings (SSSR count). The average molecular weight is 250 g/mol. The summed E-state index contributed by atoms with van der Waals surface area (Å²) in [5.74, 6) is 1.37. The second-order valence-electron chi connectivity index (χ2n) is 4.95. The first kappa shape index (κ1) is 13.3. The van der Waals surface area contributed by atoms with Gasteiger partial charge in [-0.3, -0.25) is 4.90 Å². The number of likely N-dealkylation sites (tertiary alicyclic amines) is 1. The van der Waals surface area contributed by atoms with Gasteiger partial charge in [-0.1, -0.05) is 13.0 Å². The Morgan fingerprint density at radius 3 is 3.00 bits per heavy atom. The van der Waals surface area contributed by atoms with Crippen LogP contribution in [-0.2, 0) is 11.3 Å². The SMILES string of the molecule is COc1ncccc1CN1CC[C@H](C)[C@@H](OC)C1. The first-order valence-electron chi connectivity index (χ1n) is 6.47. The Labute approximate surface area is 109 Å². The van der Waals surface area contributed by atoms with Gasteiger partial charge in [-0.15, -0.1) is 0 Å². The Kier molecular flexibility index (Phi) is 4.55. The zero-order chi connectivity index (χ0) is 13.0. The minimum absolute atomic E-state index is 0.335. The van der Waals surface area contributed by atoms with Crippen LogP contribution in [0.3, 0.4) is 0 Å². The number of methoxy groups -OCH3 is 2. The largest absolute Gasteiger partial charge is 0.481 e. The number of aromatic nitrogens is 1. The van der Waals surface area contributed by atoms with Gasteiger partial charge >= 0.3 is 0 Å². The van der Waals surface area contributed by atoms with Crippen LogP contribution < -0.4 is 4.74 Å². The van der Waals surface area contributed by atoms with Crippen LogP contribution in [0.5, 0.6) is 5.88 Å². The monoisotopic (exact) mass is 250 g/mol.